The summed E-state index contributed by atoms with van der Waals surface area (Å²) in [4.78, 5) is 8.82. The van der Waals surface area contributed by atoms with Gasteiger partial charge in [0.1, 0.15) is 0 Å². The minimum absolute atomic E-state index is 0.973. The van der Waals surface area contributed by atoms with E-state index in [1.807, 2.05) is 6.20 Å². The van der Waals surface area contributed by atoms with Crippen LogP contribution in [0, 0.1) is 0 Å². The third-order valence-electron chi connectivity index (χ3n) is 10.0. The van der Waals surface area contributed by atoms with Crippen molar-refractivity contribution in [1.29, 1.82) is 0 Å². The molecule has 0 amide bonds. The molecule has 2 aromatic heterocycles. The first kappa shape index (κ1) is 27.6. The maximum Gasteiger partial charge on any atom is 0.0728 e. The summed E-state index contributed by atoms with van der Waals surface area (Å²) < 4.78 is 0. The molecule has 8 aromatic carbocycles. The predicted molar refractivity (Wildman–Crippen MR) is 208 cm³/mol. The van der Waals surface area contributed by atoms with Gasteiger partial charge in [0.25, 0.3) is 0 Å². The first-order valence-corrected chi connectivity index (χ1v) is 16.8. The van der Waals surface area contributed by atoms with Crippen molar-refractivity contribution in [1.82, 2.24) is 9.97 Å². The van der Waals surface area contributed by atoms with Crippen molar-refractivity contribution in [2.75, 3.05) is 0 Å². The van der Waals surface area contributed by atoms with Gasteiger partial charge in [-0.2, -0.15) is 0 Å². The summed E-state index contributed by atoms with van der Waals surface area (Å²) in [6, 6.07) is 61.4. The van der Waals surface area contributed by atoms with E-state index in [2.05, 4.69) is 175 Å². The molecule has 2 nitrogen and oxygen atoms in total. The molecule has 0 bridgehead atoms. The van der Waals surface area contributed by atoms with Crippen molar-refractivity contribution in [3.8, 4) is 44.6 Å². The highest BCUT2D eigenvalue weighted by Gasteiger charge is 2.18. The molecule has 0 aliphatic heterocycles. The van der Waals surface area contributed by atoms with Crippen LogP contribution < -0.4 is 0 Å². The molecule has 0 saturated heterocycles. The molecule has 1 N–H and O–H groups in total. The van der Waals surface area contributed by atoms with E-state index in [-0.39, 0.29) is 0 Å². The molecular formula is C47H30N2. The van der Waals surface area contributed by atoms with Crippen molar-refractivity contribution in [3.63, 3.8) is 0 Å². The average Bonchev–Trinajstić information content (AvgIpc) is 3.67. The standard InChI is InChI=1S/C47H30N2/c1-3-11-30(12-4-1)41-28-44(32-13-5-2-6-14-32)49-45-29-43(38-17-9-10-18-40(38)46(41)45)39-24-23-35(36-15-7-8-16-37(36)39)34-22-20-31-19-21-33-25-26-48-47(33)42(31)27-34/h1-29,48H. The van der Waals surface area contributed by atoms with E-state index in [0.29, 0.717) is 0 Å². The molecule has 0 aliphatic carbocycles. The first-order valence-electron chi connectivity index (χ1n) is 16.8. The van der Waals surface area contributed by atoms with Gasteiger partial charge in [-0.15, -0.1) is 0 Å². The van der Waals surface area contributed by atoms with Crippen molar-refractivity contribution in [2.24, 2.45) is 0 Å². The Hall–Kier alpha value is -6.51. The van der Waals surface area contributed by atoms with Crippen LogP contribution in [0.4, 0.5) is 0 Å². The lowest BCUT2D eigenvalue weighted by Crippen LogP contribution is -1.94. The summed E-state index contributed by atoms with van der Waals surface area (Å²) in [5, 5.41) is 9.77. The van der Waals surface area contributed by atoms with E-state index < -0.39 is 0 Å². The van der Waals surface area contributed by atoms with E-state index in [4.69, 9.17) is 4.98 Å². The van der Waals surface area contributed by atoms with E-state index in [0.717, 1.165) is 16.8 Å². The molecule has 10 rings (SSSR count). The highest BCUT2D eigenvalue weighted by Crippen LogP contribution is 2.44. The molecule has 10 aromatic rings. The molecule has 0 atom stereocenters. The van der Waals surface area contributed by atoms with Gasteiger partial charge in [-0.05, 0) is 84.6 Å². The zero-order chi connectivity index (χ0) is 32.3. The number of aromatic amines is 1. The van der Waals surface area contributed by atoms with Crippen LogP contribution in [0.2, 0.25) is 0 Å². The Balaban J connectivity index is 1.24. The van der Waals surface area contributed by atoms with Gasteiger partial charge >= 0.3 is 0 Å². The Morgan fingerprint density at radius 1 is 0.367 bits per heavy atom. The van der Waals surface area contributed by atoms with Gasteiger partial charge in [-0.25, -0.2) is 4.98 Å². The van der Waals surface area contributed by atoms with Gasteiger partial charge in [0, 0.05) is 27.9 Å². The second kappa shape index (κ2) is 11.0. The zero-order valence-electron chi connectivity index (χ0n) is 26.7. The Kier molecular flexibility index (Phi) is 6.22. The Morgan fingerprint density at radius 3 is 1.76 bits per heavy atom. The summed E-state index contributed by atoms with van der Waals surface area (Å²) in [6.07, 6.45) is 2.02. The molecule has 0 radical (unpaired) electrons. The minimum Gasteiger partial charge on any atom is -0.361 e. The molecule has 0 aliphatic rings. The van der Waals surface area contributed by atoms with Gasteiger partial charge < -0.3 is 4.98 Å². The van der Waals surface area contributed by atoms with E-state index in [1.54, 1.807) is 0 Å². The molecule has 49 heavy (non-hydrogen) atoms. The number of aromatic nitrogens is 2. The number of pyridine rings is 1. The molecule has 0 unspecified atom stereocenters. The lowest BCUT2D eigenvalue weighted by Gasteiger charge is -2.18. The fourth-order valence-electron chi connectivity index (χ4n) is 7.73. The normalized spacial score (nSPS) is 11.7. The number of fused-ring (bicyclic) bond motifs is 7. The Labute approximate surface area is 283 Å². The van der Waals surface area contributed by atoms with Crippen LogP contribution in [0.1, 0.15) is 0 Å². The number of benzene rings is 8. The molecule has 0 spiro atoms. The van der Waals surface area contributed by atoms with E-state index in [9.17, 15) is 0 Å². The van der Waals surface area contributed by atoms with Gasteiger partial charge in [-0.3, -0.25) is 0 Å². The highest BCUT2D eigenvalue weighted by atomic mass is 14.7. The minimum atomic E-state index is 0.973. The van der Waals surface area contributed by atoms with Gasteiger partial charge in [-0.1, -0.05) is 146 Å². The number of rotatable bonds is 4. The summed E-state index contributed by atoms with van der Waals surface area (Å²) in [5.41, 5.74) is 11.5. The number of nitrogens with zero attached hydrogens (tertiary/aromatic N) is 1. The van der Waals surface area contributed by atoms with Crippen LogP contribution >= 0.6 is 0 Å². The lowest BCUT2D eigenvalue weighted by molar-refractivity contribution is 1.40. The van der Waals surface area contributed by atoms with Crippen LogP contribution in [-0.4, -0.2) is 9.97 Å². The third kappa shape index (κ3) is 4.46. The second-order valence-corrected chi connectivity index (χ2v) is 12.8. The van der Waals surface area contributed by atoms with Gasteiger partial charge in [0.05, 0.1) is 16.7 Å². The molecule has 228 valence electrons. The largest absolute Gasteiger partial charge is 0.361 e. The van der Waals surface area contributed by atoms with Gasteiger partial charge in [0.2, 0.25) is 0 Å². The number of hydrogen-bond donors (Lipinski definition) is 1. The monoisotopic (exact) mass is 622 g/mol. The smallest absolute Gasteiger partial charge is 0.0728 e. The quantitative estimate of drug-likeness (QED) is 0.194. The number of nitrogens with one attached hydrogen (secondary N) is 1. The summed E-state index contributed by atoms with van der Waals surface area (Å²) in [5.74, 6) is 0. The summed E-state index contributed by atoms with van der Waals surface area (Å²) >= 11 is 0. The predicted octanol–water partition coefficient (Wildman–Crippen LogP) is 12.8. The van der Waals surface area contributed by atoms with E-state index in [1.165, 1.54) is 82.0 Å². The van der Waals surface area contributed by atoms with Crippen LogP contribution in [0.25, 0.3) is 98.8 Å². The molecule has 2 heterocycles. The summed E-state index contributed by atoms with van der Waals surface area (Å²) in [6.45, 7) is 0. The maximum atomic E-state index is 5.36. The summed E-state index contributed by atoms with van der Waals surface area (Å²) in [7, 11) is 0. The molecule has 0 saturated carbocycles. The Morgan fingerprint density at radius 2 is 0.980 bits per heavy atom. The van der Waals surface area contributed by atoms with Crippen LogP contribution in [0.3, 0.4) is 0 Å². The highest BCUT2D eigenvalue weighted by molar-refractivity contribution is 6.20. The lowest BCUT2D eigenvalue weighted by atomic mass is 9.87. The van der Waals surface area contributed by atoms with E-state index >= 15 is 0 Å². The third-order valence-corrected chi connectivity index (χ3v) is 10.0. The van der Waals surface area contributed by atoms with Crippen LogP contribution in [0.15, 0.2) is 176 Å². The fraction of sp³-hybridized carbons (Fsp3) is 0. The van der Waals surface area contributed by atoms with Gasteiger partial charge in [0.15, 0.2) is 0 Å². The topological polar surface area (TPSA) is 28.7 Å². The first-order chi connectivity index (χ1) is 24.3. The SMILES string of the molecule is c1ccc(-c2cc(-c3ccccc3)c3c(cc(-c4ccc(-c5ccc6ccc7cc[nH]c7c6c5)c5ccccc45)c4ccccc43)n2)cc1. The fourth-order valence-corrected chi connectivity index (χ4v) is 7.73. The second-order valence-electron chi connectivity index (χ2n) is 12.8. The average molecular weight is 623 g/mol. The Bertz CT molecular complexity index is 2860. The van der Waals surface area contributed by atoms with Crippen molar-refractivity contribution in [2.45, 2.75) is 0 Å². The van der Waals surface area contributed by atoms with Crippen LogP contribution in [-0.2, 0) is 0 Å². The maximum absolute atomic E-state index is 5.36. The van der Waals surface area contributed by atoms with Crippen LogP contribution in [0.5, 0.6) is 0 Å². The van der Waals surface area contributed by atoms with Crippen molar-refractivity contribution in [3.05, 3.63) is 176 Å². The zero-order valence-corrected chi connectivity index (χ0v) is 26.7. The number of hydrogen-bond acceptors (Lipinski definition) is 1. The molecular weight excluding hydrogens is 593 g/mol. The molecule has 2 heteroatoms. The molecule has 0 fully saturated rings. The number of H-pyrrole nitrogens is 1. The van der Waals surface area contributed by atoms with Crippen molar-refractivity contribution >= 4 is 54.1 Å². The van der Waals surface area contributed by atoms with Crippen molar-refractivity contribution < 1.29 is 0 Å².